The molecule has 0 N–H and O–H groups in total. The zero-order valence-corrected chi connectivity index (χ0v) is 14.7. The van der Waals surface area contributed by atoms with E-state index >= 15 is 0 Å². The third-order valence-corrected chi connectivity index (χ3v) is 4.36. The van der Waals surface area contributed by atoms with E-state index in [9.17, 15) is 4.39 Å². The average Bonchev–Trinajstić information content (AvgIpc) is 2.74. The fraction of sp³-hybridized carbons (Fsp3) is 0.533. The van der Waals surface area contributed by atoms with Crippen LogP contribution in [-0.2, 0) is 11.2 Å². The van der Waals surface area contributed by atoms with Crippen LogP contribution in [0.1, 0.15) is 25.7 Å². The zero-order chi connectivity index (χ0) is 15.6. The summed E-state index contributed by atoms with van der Waals surface area (Å²) in [5.74, 6) is 1.40. The molecule has 116 valence electrons. The molecule has 0 aliphatic carbocycles. The minimum atomic E-state index is -0.308. The van der Waals surface area contributed by atoms with Gasteiger partial charge in [-0.05, 0) is 27.9 Å². The van der Waals surface area contributed by atoms with Gasteiger partial charge in [0.05, 0.1) is 28.2 Å². The molecule has 1 atom stereocenters. The molecule has 0 amide bonds. The van der Waals surface area contributed by atoms with Crippen LogP contribution in [-0.4, -0.2) is 29.1 Å². The molecule has 1 aromatic carbocycles. The monoisotopic (exact) mass is 376 g/mol. The Kier molecular flexibility index (Phi) is 5.63. The highest BCUT2D eigenvalue weighted by molar-refractivity contribution is 9.10. The van der Waals surface area contributed by atoms with Crippen LogP contribution in [0.3, 0.4) is 0 Å². The van der Waals surface area contributed by atoms with Crippen molar-refractivity contribution in [1.29, 1.82) is 0 Å². The fourth-order valence-electron chi connectivity index (χ4n) is 2.51. The van der Waals surface area contributed by atoms with E-state index in [-0.39, 0.29) is 11.9 Å². The first-order valence-electron chi connectivity index (χ1n) is 6.90. The first-order chi connectivity index (χ1) is 9.99. The molecule has 1 aromatic heterocycles. The van der Waals surface area contributed by atoms with Crippen molar-refractivity contribution < 1.29 is 9.13 Å². The van der Waals surface area contributed by atoms with Crippen molar-refractivity contribution >= 4 is 38.6 Å². The van der Waals surface area contributed by atoms with E-state index in [1.807, 2.05) is 0 Å². The number of nitrogens with zero attached hydrogens (tertiary/aromatic N) is 2. The number of hydrogen-bond acceptors (Lipinski definition) is 2. The van der Waals surface area contributed by atoms with Gasteiger partial charge in [0, 0.05) is 25.5 Å². The number of methoxy groups -OCH3 is 1. The summed E-state index contributed by atoms with van der Waals surface area (Å²) in [6, 6.07) is 3.37. The topological polar surface area (TPSA) is 27.1 Å². The summed E-state index contributed by atoms with van der Waals surface area (Å²) in [6.07, 6.45) is 0.641. The van der Waals surface area contributed by atoms with Crippen molar-refractivity contribution in [1.82, 2.24) is 9.55 Å². The first-order valence-corrected chi connectivity index (χ1v) is 8.23. The Morgan fingerprint density at radius 1 is 1.43 bits per heavy atom. The van der Waals surface area contributed by atoms with Crippen LogP contribution >= 0.6 is 27.5 Å². The van der Waals surface area contributed by atoms with Crippen molar-refractivity contribution in [2.45, 2.75) is 26.3 Å². The predicted molar refractivity (Wildman–Crippen MR) is 87.6 cm³/mol. The van der Waals surface area contributed by atoms with E-state index in [2.05, 4.69) is 39.3 Å². The minimum Gasteiger partial charge on any atom is -0.383 e. The smallest absolute Gasteiger partial charge is 0.139 e. The standard InChI is InChI=1S/C15H19BrClFN2O/c1-9(2)14(8-21-3)20-13-6-10(16)11(18)7-12(13)19-15(20)4-5-17/h6-7,9,14H,4-5,8H2,1-3H3. The molecule has 6 heteroatoms. The Bertz CT molecular complexity index is 630. The minimum absolute atomic E-state index is 0.135. The summed E-state index contributed by atoms with van der Waals surface area (Å²) < 4.78 is 21.7. The van der Waals surface area contributed by atoms with Crippen LogP contribution < -0.4 is 0 Å². The molecule has 0 aliphatic heterocycles. The van der Waals surface area contributed by atoms with Crippen LogP contribution in [0.15, 0.2) is 16.6 Å². The van der Waals surface area contributed by atoms with Gasteiger partial charge in [0.25, 0.3) is 0 Å². The number of ether oxygens (including phenoxy) is 1. The van der Waals surface area contributed by atoms with E-state index in [1.165, 1.54) is 6.07 Å². The number of imidazole rings is 1. The van der Waals surface area contributed by atoms with Gasteiger partial charge in [0.1, 0.15) is 11.6 Å². The van der Waals surface area contributed by atoms with Gasteiger partial charge in [-0.3, -0.25) is 0 Å². The maximum atomic E-state index is 13.7. The van der Waals surface area contributed by atoms with Gasteiger partial charge in [-0.1, -0.05) is 13.8 Å². The number of rotatable bonds is 6. The van der Waals surface area contributed by atoms with E-state index in [4.69, 9.17) is 16.3 Å². The quantitative estimate of drug-likeness (QED) is 0.690. The SMILES string of the molecule is COCC(C(C)C)n1c(CCCl)nc2cc(F)c(Br)cc21. The maximum Gasteiger partial charge on any atom is 0.139 e. The van der Waals surface area contributed by atoms with Crippen LogP contribution in [0.5, 0.6) is 0 Å². The third kappa shape index (κ3) is 3.41. The first kappa shape index (κ1) is 16.7. The van der Waals surface area contributed by atoms with Gasteiger partial charge in [-0.25, -0.2) is 9.37 Å². The number of fused-ring (bicyclic) bond motifs is 1. The number of aromatic nitrogens is 2. The predicted octanol–water partition coefficient (Wildman–Crippen LogP) is 4.56. The average molecular weight is 378 g/mol. The summed E-state index contributed by atoms with van der Waals surface area (Å²) in [5, 5.41) is 0. The molecule has 1 unspecified atom stereocenters. The molecule has 2 aromatic rings. The fourth-order valence-corrected chi connectivity index (χ4v) is 3.01. The van der Waals surface area contributed by atoms with Crippen molar-refractivity contribution in [3.8, 4) is 0 Å². The lowest BCUT2D eigenvalue weighted by molar-refractivity contribution is 0.133. The Balaban J connectivity index is 2.66. The van der Waals surface area contributed by atoms with Crippen molar-refractivity contribution in [3.63, 3.8) is 0 Å². The van der Waals surface area contributed by atoms with Crippen LogP contribution in [0.4, 0.5) is 4.39 Å². The Labute approximate surface area is 137 Å². The lowest BCUT2D eigenvalue weighted by atomic mass is 10.0. The second-order valence-electron chi connectivity index (χ2n) is 5.36. The van der Waals surface area contributed by atoms with Crippen LogP contribution in [0.2, 0.25) is 0 Å². The number of hydrogen-bond donors (Lipinski definition) is 0. The summed E-state index contributed by atoms with van der Waals surface area (Å²) >= 11 is 9.14. The Hall–Kier alpha value is -0.650. The van der Waals surface area contributed by atoms with Crippen molar-refractivity contribution in [3.05, 3.63) is 28.2 Å². The number of halogens is 3. The lowest BCUT2D eigenvalue weighted by Crippen LogP contribution is -2.22. The highest BCUT2D eigenvalue weighted by atomic mass is 79.9. The summed E-state index contributed by atoms with van der Waals surface area (Å²) in [6.45, 7) is 4.85. The van der Waals surface area contributed by atoms with Gasteiger partial charge in [-0.15, -0.1) is 11.6 Å². The summed E-state index contributed by atoms with van der Waals surface area (Å²) in [7, 11) is 1.69. The molecule has 1 heterocycles. The van der Waals surface area contributed by atoms with Gasteiger partial charge in [0.15, 0.2) is 0 Å². The van der Waals surface area contributed by atoms with Crippen molar-refractivity contribution in [2.24, 2.45) is 5.92 Å². The maximum absolute atomic E-state index is 13.7. The molecule has 0 aliphatic rings. The molecule has 21 heavy (non-hydrogen) atoms. The van der Waals surface area contributed by atoms with Gasteiger partial charge in [0.2, 0.25) is 0 Å². The molecule has 0 bridgehead atoms. The summed E-state index contributed by atoms with van der Waals surface area (Å²) in [5.41, 5.74) is 1.55. The van der Waals surface area contributed by atoms with Crippen LogP contribution in [0, 0.1) is 11.7 Å². The largest absolute Gasteiger partial charge is 0.383 e. The second kappa shape index (κ2) is 7.07. The molecular formula is C15H19BrClFN2O. The zero-order valence-electron chi connectivity index (χ0n) is 12.4. The Morgan fingerprint density at radius 2 is 2.14 bits per heavy atom. The van der Waals surface area contributed by atoms with E-state index in [0.717, 1.165) is 11.3 Å². The number of benzene rings is 1. The van der Waals surface area contributed by atoms with Crippen LogP contribution in [0.25, 0.3) is 11.0 Å². The van der Waals surface area contributed by atoms with Crippen molar-refractivity contribution in [2.75, 3.05) is 19.6 Å². The highest BCUT2D eigenvalue weighted by Gasteiger charge is 2.22. The highest BCUT2D eigenvalue weighted by Crippen LogP contribution is 2.30. The van der Waals surface area contributed by atoms with E-state index in [0.29, 0.717) is 34.8 Å². The lowest BCUT2D eigenvalue weighted by Gasteiger charge is -2.24. The normalized spacial score (nSPS) is 13.3. The molecular weight excluding hydrogens is 359 g/mol. The van der Waals surface area contributed by atoms with E-state index < -0.39 is 0 Å². The molecule has 0 spiro atoms. The molecule has 0 fully saturated rings. The molecule has 0 radical (unpaired) electrons. The molecule has 0 saturated heterocycles. The molecule has 3 nitrogen and oxygen atoms in total. The van der Waals surface area contributed by atoms with Gasteiger partial charge in [-0.2, -0.15) is 0 Å². The van der Waals surface area contributed by atoms with Gasteiger partial charge >= 0.3 is 0 Å². The molecule has 2 rings (SSSR count). The molecule has 0 saturated carbocycles. The Morgan fingerprint density at radius 3 is 2.71 bits per heavy atom. The number of alkyl halides is 1. The second-order valence-corrected chi connectivity index (χ2v) is 6.59. The van der Waals surface area contributed by atoms with E-state index in [1.54, 1.807) is 13.2 Å². The summed E-state index contributed by atoms with van der Waals surface area (Å²) in [4.78, 5) is 4.55. The van der Waals surface area contributed by atoms with Gasteiger partial charge < -0.3 is 9.30 Å². The third-order valence-electron chi connectivity index (χ3n) is 3.56. The number of aryl methyl sites for hydroxylation is 1.